The second-order valence-electron chi connectivity index (χ2n) is 7.19. The zero-order valence-electron chi connectivity index (χ0n) is 14.3. The summed E-state index contributed by atoms with van der Waals surface area (Å²) in [5, 5.41) is 16.3. The summed E-state index contributed by atoms with van der Waals surface area (Å²) in [4.78, 5) is 17.0. The number of aromatic nitrogens is 3. The van der Waals surface area contributed by atoms with Crippen LogP contribution in [0.3, 0.4) is 0 Å². The van der Waals surface area contributed by atoms with Crippen LogP contribution in [-0.4, -0.2) is 50.5 Å². The first-order chi connectivity index (χ1) is 12.2. The first-order valence-corrected chi connectivity index (χ1v) is 9.07. The van der Waals surface area contributed by atoms with Crippen LogP contribution in [0.1, 0.15) is 54.4 Å². The first kappa shape index (κ1) is 16.5. The van der Waals surface area contributed by atoms with Crippen LogP contribution in [0, 0.1) is 0 Å². The minimum Gasteiger partial charge on any atom is -0.396 e. The van der Waals surface area contributed by atoms with Crippen molar-refractivity contribution in [3.05, 3.63) is 29.7 Å². The van der Waals surface area contributed by atoms with E-state index in [0.29, 0.717) is 24.2 Å². The highest BCUT2D eigenvalue weighted by Crippen LogP contribution is 2.39. The van der Waals surface area contributed by atoms with Gasteiger partial charge in [-0.3, -0.25) is 4.79 Å². The number of ether oxygens (including phenoxy) is 1. The summed E-state index contributed by atoms with van der Waals surface area (Å²) >= 11 is 0. The maximum atomic E-state index is 12.7. The molecular weight excluding hydrogens is 320 g/mol. The van der Waals surface area contributed by atoms with Crippen molar-refractivity contribution in [2.75, 3.05) is 13.2 Å². The molecule has 2 aromatic heterocycles. The second kappa shape index (κ2) is 6.72. The molecular formula is C18H24N4O3. The Morgan fingerprint density at radius 1 is 1.36 bits per heavy atom. The molecule has 0 aromatic carbocycles. The topological polar surface area (TPSA) is 88.8 Å². The third-order valence-electron chi connectivity index (χ3n) is 5.36. The molecule has 134 valence electrons. The maximum Gasteiger partial charge on any atom is 0.257 e. The van der Waals surface area contributed by atoms with Crippen LogP contribution in [0.4, 0.5) is 0 Å². The third kappa shape index (κ3) is 3.26. The van der Waals surface area contributed by atoms with Gasteiger partial charge in [0.25, 0.3) is 5.91 Å². The number of nitrogens with zero attached hydrogens (tertiary/aromatic N) is 3. The number of amides is 1. The van der Waals surface area contributed by atoms with E-state index < -0.39 is 0 Å². The van der Waals surface area contributed by atoms with Crippen molar-refractivity contribution in [1.29, 1.82) is 0 Å². The van der Waals surface area contributed by atoms with E-state index in [0.717, 1.165) is 24.8 Å². The van der Waals surface area contributed by atoms with Gasteiger partial charge >= 0.3 is 0 Å². The molecule has 0 bridgehead atoms. The highest BCUT2D eigenvalue weighted by molar-refractivity contribution is 5.99. The lowest BCUT2D eigenvalue weighted by Crippen LogP contribution is -2.37. The van der Waals surface area contributed by atoms with Gasteiger partial charge in [0.1, 0.15) is 5.56 Å². The number of nitrogens with one attached hydrogen (secondary N) is 1. The lowest BCUT2D eigenvalue weighted by Gasteiger charge is -2.32. The summed E-state index contributed by atoms with van der Waals surface area (Å²) in [6, 6.07) is 0.0502. The molecule has 1 saturated carbocycles. The smallest absolute Gasteiger partial charge is 0.257 e. The molecule has 1 atom stereocenters. The number of fused-ring (bicyclic) bond motifs is 1. The zero-order chi connectivity index (χ0) is 17.3. The minimum absolute atomic E-state index is 0.0191. The van der Waals surface area contributed by atoms with Gasteiger partial charge in [-0.1, -0.05) is 19.3 Å². The Morgan fingerprint density at radius 3 is 3.00 bits per heavy atom. The quantitative estimate of drug-likeness (QED) is 0.877. The van der Waals surface area contributed by atoms with Crippen LogP contribution < -0.4 is 5.32 Å². The molecule has 0 unspecified atom stereocenters. The summed E-state index contributed by atoms with van der Waals surface area (Å²) in [6.07, 6.45) is 12.4. The van der Waals surface area contributed by atoms with Crippen molar-refractivity contribution >= 4 is 11.6 Å². The van der Waals surface area contributed by atoms with Gasteiger partial charge in [0, 0.05) is 19.0 Å². The fraction of sp³-hybridized carbons (Fsp3) is 0.611. The highest BCUT2D eigenvalue weighted by atomic mass is 16.5. The van der Waals surface area contributed by atoms with Crippen LogP contribution >= 0.6 is 0 Å². The van der Waals surface area contributed by atoms with Crippen molar-refractivity contribution in [2.45, 2.75) is 56.6 Å². The van der Waals surface area contributed by atoms with Crippen LogP contribution in [0.5, 0.6) is 0 Å². The second-order valence-corrected chi connectivity index (χ2v) is 7.19. The normalized spacial score (nSPS) is 22.5. The van der Waals surface area contributed by atoms with Gasteiger partial charge in [-0.05, 0) is 31.2 Å². The van der Waals surface area contributed by atoms with Gasteiger partial charge in [0.15, 0.2) is 5.65 Å². The Hall–Kier alpha value is -1.99. The summed E-state index contributed by atoms with van der Waals surface area (Å²) in [5.74, 6) is -0.154. The maximum absolute atomic E-state index is 12.7. The molecule has 25 heavy (non-hydrogen) atoms. The van der Waals surface area contributed by atoms with E-state index in [4.69, 9.17) is 9.84 Å². The van der Waals surface area contributed by atoms with Crippen molar-refractivity contribution in [3.63, 3.8) is 0 Å². The molecule has 1 saturated heterocycles. The van der Waals surface area contributed by atoms with Crippen molar-refractivity contribution in [2.24, 2.45) is 0 Å². The van der Waals surface area contributed by atoms with E-state index in [1.54, 1.807) is 23.1 Å². The number of carbonyl (C=O) groups excluding carboxylic acids is 1. The van der Waals surface area contributed by atoms with E-state index in [-0.39, 0.29) is 24.2 Å². The van der Waals surface area contributed by atoms with Crippen LogP contribution in [0.25, 0.3) is 5.65 Å². The molecule has 1 aliphatic heterocycles. The van der Waals surface area contributed by atoms with Gasteiger partial charge in [-0.15, -0.1) is 0 Å². The number of aliphatic hydroxyl groups excluding tert-OH is 1. The Bertz CT molecular complexity index is 767. The Balaban J connectivity index is 1.45. The Morgan fingerprint density at radius 2 is 2.20 bits per heavy atom. The molecule has 2 aliphatic rings. The average Bonchev–Trinajstić information content (AvgIpc) is 3.20. The van der Waals surface area contributed by atoms with Crippen molar-refractivity contribution in [1.82, 2.24) is 19.9 Å². The zero-order valence-corrected chi connectivity index (χ0v) is 14.3. The number of aliphatic hydroxyl groups is 1. The largest absolute Gasteiger partial charge is 0.396 e. The summed E-state index contributed by atoms with van der Waals surface area (Å²) in [6.45, 7) is 0.643. The number of hydrogen-bond acceptors (Lipinski definition) is 5. The molecule has 7 nitrogen and oxygen atoms in total. The molecule has 1 aliphatic carbocycles. The average molecular weight is 344 g/mol. The molecule has 7 heteroatoms. The van der Waals surface area contributed by atoms with E-state index in [2.05, 4.69) is 15.4 Å². The molecule has 0 radical (unpaired) electrons. The van der Waals surface area contributed by atoms with E-state index in [1.807, 2.05) is 0 Å². The third-order valence-corrected chi connectivity index (χ3v) is 5.36. The minimum atomic E-state index is -0.154. The molecule has 2 aromatic rings. The molecule has 1 amide bonds. The molecule has 1 spiro atoms. The fourth-order valence-electron chi connectivity index (χ4n) is 4.08. The van der Waals surface area contributed by atoms with Crippen LogP contribution in [-0.2, 0) is 11.2 Å². The van der Waals surface area contributed by atoms with Crippen LogP contribution in [0.15, 0.2) is 18.6 Å². The van der Waals surface area contributed by atoms with Gasteiger partial charge in [0.05, 0.1) is 24.4 Å². The van der Waals surface area contributed by atoms with E-state index in [9.17, 15) is 4.79 Å². The van der Waals surface area contributed by atoms with Crippen LogP contribution in [0.2, 0.25) is 0 Å². The van der Waals surface area contributed by atoms with E-state index >= 15 is 0 Å². The Kier molecular flexibility index (Phi) is 4.43. The lowest BCUT2D eigenvalue weighted by molar-refractivity contribution is -0.0246. The molecule has 2 fully saturated rings. The highest BCUT2D eigenvalue weighted by Gasteiger charge is 2.41. The van der Waals surface area contributed by atoms with Gasteiger partial charge in [-0.25, -0.2) is 9.50 Å². The molecule has 3 heterocycles. The predicted molar refractivity (Wildman–Crippen MR) is 91.4 cm³/mol. The number of rotatable bonds is 4. The summed E-state index contributed by atoms with van der Waals surface area (Å²) in [5.41, 5.74) is 1.87. The lowest BCUT2D eigenvalue weighted by atomic mass is 9.82. The number of hydrogen-bond donors (Lipinski definition) is 2. The Labute approximate surface area is 146 Å². The predicted octanol–water partition coefficient (Wildman–Crippen LogP) is 1.49. The van der Waals surface area contributed by atoms with Gasteiger partial charge < -0.3 is 15.2 Å². The summed E-state index contributed by atoms with van der Waals surface area (Å²) in [7, 11) is 0. The van der Waals surface area contributed by atoms with Gasteiger partial charge in [-0.2, -0.15) is 5.10 Å². The summed E-state index contributed by atoms with van der Waals surface area (Å²) < 4.78 is 7.66. The number of carbonyl (C=O) groups is 1. The fourth-order valence-corrected chi connectivity index (χ4v) is 4.08. The van der Waals surface area contributed by atoms with Crippen molar-refractivity contribution in [3.8, 4) is 0 Å². The monoisotopic (exact) mass is 344 g/mol. The van der Waals surface area contributed by atoms with Gasteiger partial charge in [0.2, 0.25) is 0 Å². The van der Waals surface area contributed by atoms with Crippen molar-refractivity contribution < 1.29 is 14.6 Å². The SMILES string of the molecule is O=C(N[C@@H]1COC2(CCCCC2)C1)c1cnn2cc(CCO)cnc12. The molecule has 4 rings (SSSR count). The molecule has 2 N–H and O–H groups in total. The van der Waals surface area contributed by atoms with E-state index in [1.165, 1.54) is 19.3 Å². The first-order valence-electron chi connectivity index (χ1n) is 9.07. The standard InChI is InChI=1S/C18H24N4O3/c23-7-4-13-9-19-16-15(10-20-22(16)11-13)17(24)21-14-8-18(25-12-14)5-2-1-3-6-18/h9-11,14,23H,1-8,12H2,(H,21,24)/t14-/m0/s1.